The number of nitrogens with zero attached hydrogens (tertiary/aromatic N) is 2. The molecule has 0 aliphatic heterocycles. The number of hydrogen-bond donors (Lipinski definition) is 2. The lowest BCUT2D eigenvalue weighted by Gasteiger charge is -2.09. The molecule has 0 fully saturated rings. The standard InChI is InChI=1S/C15H19N3O3/c1-9(2)20-12-6-4-11(5-7-12)15-17-13(10(3)21-15)8-14(16)18-19/h4-7,9,19H,8H2,1-3H3,(H2,16,18). The number of aryl methyl sites for hydroxylation is 1. The van der Waals surface area contributed by atoms with E-state index < -0.39 is 0 Å². The van der Waals surface area contributed by atoms with Crippen molar-refractivity contribution in [3.05, 3.63) is 35.7 Å². The average molecular weight is 289 g/mol. The molecule has 0 aliphatic rings. The van der Waals surface area contributed by atoms with Gasteiger partial charge in [-0.2, -0.15) is 0 Å². The molecule has 2 aromatic rings. The number of nitrogens with two attached hydrogens (primary N) is 1. The van der Waals surface area contributed by atoms with Gasteiger partial charge in [0.2, 0.25) is 5.89 Å². The van der Waals surface area contributed by atoms with Gasteiger partial charge in [0.05, 0.1) is 18.2 Å². The summed E-state index contributed by atoms with van der Waals surface area (Å²) in [5.74, 6) is 2.05. The number of benzene rings is 1. The Bertz CT molecular complexity index is 630. The Morgan fingerprint density at radius 2 is 2.05 bits per heavy atom. The molecule has 1 aromatic carbocycles. The molecule has 3 N–H and O–H groups in total. The molecule has 0 unspecified atom stereocenters. The second-order valence-electron chi connectivity index (χ2n) is 4.98. The highest BCUT2D eigenvalue weighted by atomic mass is 16.5. The minimum absolute atomic E-state index is 0.0960. The predicted molar refractivity (Wildman–Crippen MR) is 79.6 cm³/mol. The van der Waals surface area contributed by atoms with E-state index in [4.69, 9.17) is 20.1 Å². The summed E-state index contributed by atoms with van der Waals surface area (Å²) >= 11 is 0. The van der Waals surface area contributed by atoms with Crippen LogP contribution in [-0.4, -0.2) is 22.1 Å². The van der Waals surface area contributed by atoms with Crippen LogP contribution >= 0.6 is 0 Å². The van der Waals surface area contributed by atoms with Crippen molar-refractivity contribution in [2.24, 2.45) is 10.9 Å². The zero-order valence-electron chi connectivity index (χ0n) is 12.3. The van der Waals surface area contributed by atoms with E-state index in [1.165, 1.54) is 0 Å². The monoisotopic (exact) mass is 289 g/mol. The molecule has 0 saturated heterocycles. The van der Waals surface area contributed by atoms with Gasteiger partial charge in [-0.25, -0.2) is 4.98 Å². The van der Waals surface area contributed by atoms with Gasteiger partial charge in [-0.05, 0) is 45.0 Å². The maximum Gasteiger partial charge on any atom is 0.226 e. The van der Waals surface area contributed by atoms with Crippen molar-refractivity contribution in [2.75, 3.05) is 0 Å². The zero-order valence-corrected chi connectivity index (χ0v) is 12.3. The van der Waals surface area contributed by atoms with Gasteiger partial charge < -0.3 is 20.1 Å². The summed E-state index contributed by atoms with van der Waals surface area (Å²) in [7, 11) is 0. The van der Waals surface area contributed by atoms with Gasteiger partial charge in [-0.1, -0.05) is 5.16 Å². The zero-order chi connectivity index (χ0) is 15.4. The lowest BCUT2D eigenvalue weighted by atomic mass is 10.2. The Balaban J connectivity index is 2.20. The first-order valence-electron chi connectivity index (χ1n) is 6.69. The minimum Gasteiger partial charge on any atom is -0.491 e. The first-order chi connectivity index (χ1) is 9.99. The van der Waals surface area contributed by atoms with Crippen molar-refractivity contribution in [1.82, 2.24) is 4.98 Å². The highest BCUT2D eigenvalue weighted by Gasteiger charge is 2.13. The third kappa shape index (κ3) is 3.75. The van der Waals surface area contributed by atoms with Crippen LogP contribution in [0.4, 0.5) is 0 Å². The molecule has 0 aliphatic carbocycles. The van der Waals surface area contributed by atoms with Gasteiger partial charge in [-0.3, -0.25) is 0 Å². The molecule has 2 rings (SSSR count). The summed E-state index contributed by atoms with van der Waals surface area (Å²) in [5.41, 5.74) is 6.99. The Morgan fingerprint density at radius 1 is 1.38 bits per heavy atom. The third-order valence-electron chi connectivity index (χ3n) is 2.84. The Kier molecular flexibility index (Phi) is 4.47. The maximum absolute atomic E-state index is 8.60. The summed E-state index contributed by atoms with van der Waals surface area (Å²) in [5, 5.41) is 11.5. The highest BCUT2D eigenvalue weighted by Crippen LogP contribution is 2.24. The Labute approximate surface area is 123 Å². The molecule has 6 heteroatoms. The summed E-state index contributed by atoms with van der Waals surface area (Å²) in [6.07, 6.45) is 0.382. The summed E-state index contributed by atoms with van der Waals surface area (Å²) < 4.78 is 11.2. The largest absolute Gasteiger partial charge is 0.491 e. The number of hydrogen-bond acceptors (Lipinski definition) is 5. The van der Waals surface area contributed by atoms with Crippen molar-refractivity contribution in [1.29, 1.82) is 0 Å². The van der Waals surface area contributed by atoms with Crippen LogP contribution in [0, 0.1) is 6.92 Å². The molecular weight excluding hydrogens is 270 g/mol. The number of amidine groups is 1. The van der Waals surface area contributed by atoms with Gasteiger partial charge >= 0.3 is 0 Å². The van der Waals surface area contributed by atoms with Crippen LogP contribution in [0.1, 0.15) is 25.3 Å². The molecular formula is C15H19N3O3. The SMILES string of the molecule is Cc1oc(-c2ccc(OC(C)C)cc2)nc1C/C(N)=N\O. The lowest BCUT2D eigenvalue weighted by Crippen LogP contribution is -2.15. The lowest BCUT2D eigenvalue weighted by molar-refractivity contribution is 0.242. The maximum atomic E-state index is 8.60. The molecule has 0 saturated carbocycles. The van der Waals surface area contributed by atoms with E-state index in [1.54, 1.807) is 6.92 Å². The topological polar surface area (TPSA) is 93.9 Å². The van der Waals surface area contributed by atoms with E-state index >= 15 is 0 Å². The number of oxime groups is 1. The quantitative estimate of drug-likeness (QED) is 0.382. The fourth-order valence-corrected chi connectivity index (χ4v) is 1.87. The van der Waals surface area contributed by atoms with Gasteiger partial charge in [0, 0.05) is 5.56 Å². The second-order valence-corrected chi connectivity index (χ2v) is 4.98. The van der Waals surface area contributed by atoms with E-state index in [0.29, 0.717) is 17.3 Å². The predicted octanol–water partition coefficient (Wildman–Crippen LogP) is 2.73. The van der Waals surface area contributed by atoms with E-state index in [1.807, 2.05) is 38.1 Å². The molecule has 0 bridgehead atoms. The summed E-state index contributed by atoms with van der Waals surface area (Å²) in [6, 6.07) is 7.52. The summed E-state index contributed by atoms with van der Waals surface area (Å²) in [6.45, 7) is 5.75. The molecule has 0 spiro atoms. The number of ether oxygens (including phenoxy) is 1. The molecule has 1 heterocycles. The van der Waals surface area contributed by atoms with Crippen LogP contribution in [-0.2, 0) is 6.42 Å². The summed E-state index contributed by atoms with van der Waals surface area (Å²) in [4.78, 5) is 4.38. The van der Waals surface area contributed by atoms with Gasteiger partial charge in [0.15, 0.2) is 0 Å². The van der Waals surface area contributed by atoms with Crippen LogP contribution in [0.15, 0.2) is 33.8 Å². The van der Waals surface area contributed by atoms with Crippen LogP contribution < -0.4 is 10.5 Å². The van der Waals surface area contributed by atoms with Crippen molar-refractivity contribution >= 4 is 5.84 Å². The van der Waals surface area contributed by atoms with Crippen molar-refractivity contribution < 1.29 is 14.4 Å². The van der Waals surface area contributed by atoms with Crippen LogP contribution in [0.5, 0.6) is 5.75 Å². The molecule has 0 atom stereocenters. The van der Waals surface area contributed by atoms with Gasteiger partial charge in [-0.15, -0.1) is 0 Å². The fraction of sp³-hybridized carbons (Fsp3) is 0.333. The number of aromatic nitrogens is 1. The molecule has 0 amide bonds. The van der Waals surface area contributed by atoms with Gasteiger partial charge in [0.25, 0.3) is 0 Å². The molecule has 0 radical (unpaired) electrons. The Hall–Kier alpha value is -2.50. The number of rotatable bonds is 5. The number of oxazole rings is 1. The normalized spacial score (nSPS) is 11.9. The average Bonchev–Trinajstić information content (AvgIpc) is 2.80. The fourth-order valence-electron chi connectivity index (χ4n) is 1.87. The first kappa shape index (κ1) is 14.9. The smallest absolute Gasteiger partial charge is 0.226 e. The van der Waals surface area contributed by atoms with E-state index in [0.717, 1.165) is 11.3 Å². The molecule has 1 aromatic heterocycles. The van der Waals surface area contributed by atoms with Crippen molar-refractivity contribution in [2.45, 2.75) is 33.3 Å². The molecule has 6 nitrogen and oxygen atoms in total. The van der Waals surface area contributed by atoms with E-state index in [2.05, 4.69) is 10.1 Å². The Morgan fingerprint density at radius 3 is 2.62 bits per heavy atom. The van der Waals surface area contributed by atoms with Gasteiger partial charge in [0.1, 0.15) is 17.3 Å². The van der Waals surface area contributed by atoms with Crippen molar-refractivity contribution in [3.8, 4) is 17.2 Å². The van der Waals surface area contributed by atoms with Crippen molar-refractivity contribution in [3.63, 3.8) is 0 Å². The highest BCUT2D eigenvalue weighted by molar-refractivity contribution is 5.81. The third-order valence-corrected chi connectivity index (χ3v) is 2.84. The minimum atomic E-state index is 0.0960. The van der Waals surface area contributed by atoms with E-state index in [-0.39, 0.29) is 18.4 Å². The second kappa shape index (κ2) is 6.30. The van der Waals surface area contributed by atoms with Crippen LogP contribution in [0.2, 0.25) is 0 Å². The first-order valence-corrected chi connectivity index (χ1v) is 6.69. The van der Waals surface area contributed by atoms with Crippen LogP contribution in [0.3, 0.4) is 0 Å². The molecule has 21 heavy (non-hydrogen) atoms. The van der Waals surface area contributed by atoms with E-state index in [9.17, 15) is 0 Å². The van der Waals surface area contributed by atoms with Crippen LogP contribution in [0.25, 0.3) is 11.5 Å². The molecule has 112 valence electrons.